The SMILES string of the molecule is C=CCNC(=O)CN1CCNCC1C(=O)O. The van der Waals surface area contributed by atoms with Crippen molar-refractivity contribution in [2.75, 3.05) is 32.7 Å². The molecule has 1 atom stereocenters. The van der Waals surface area contributed by atoms with Gasteiger partial charge in [0.05, 0.1) is 6.54 Å². The molecule has 1 amide bonds. The monoisotopic (exact) mass is 227 g/mol. The van der Waals surface area contributed by atoms with E-state index in [0.29, 0.717) is 26.2 Å². The average molecular weight is 227 g/mol. The quantitative estimate of drug-likeness (QED) is 0.506. The molecule has 90 valence electrons. The first-order chi connectivity index (χ1) is 7.65. The Morgan fingerprint density at radius 2 is 2.38 bits per heavy atom. The zero-order valence-corrected chi connectivity index (χ0v) is 9.11. The molecular formula is C10H17N3O3. The molecule has 0 spiro atoms. The van der Waals surface area contributed by atoms with E-state index in [2.05, 4.69) is 17.2 Å². The summed E-state index contributed by atoms with van der Waals surface area (Å²) < 4.78 is 0. The average Bonchev–Trinajstić information content (AvgIpc) is 2.27. The van der Waals surface area contributed by atoms with Crippen molar-refractivity contribution in [2.24, 2.45) is 0 Å². The van der Waals surface area contributed by atoms with Crippen LogP contribution in [0.4, 0.5) is 0 Å². The molecule has 1 rings (SSSR count). The van der Waals surface area contributed by atoms with Crippen LogP contribution < -0.4 is 10.6 Å². The van der Waals surface area contributed by atoms with Gasteiger partial charge in [0.15, 0.2) is 0 Å². The van der Waals surface area contributed by atoms with Crippen LogP contribution in [0.25, 0.3) is 0 Å². The minimum atomic E-state index is -0.899. The second-order valence-electron chi connectivity index (χ2n) is 3.62. The number of carboxylic acids is 1. The lowest BCUT2D eigenvalue weighted by Gasteiger charge is -2.32. The molecule has 1 fully saturated rings. The van der Waals surface area contributed by atoms with Crippen LogP contribution in [-0.2, 0) is 9.59 Å². The van der Waals surface area contributed by atoms with Gasteiger partial charge in [0.2, 0.25) is 5.91 Å². The largest absolute Gasteiger partial charge is 0.480 e. The van der Waals surface area contributed by atoms with E-state index in [9.17, 15) is 9.59 Å². The topological polar surface area (TPSA) is 81.7 Å². The number of hydrogen-bond donors (Lipinski definition) is 3. The number of carbonyl (C=O) groups is 2. The molecule has 0 aliphatic carbocycles. The van der Waals surface area contributed by atoms with Gasteiger partial charge in [-0.25, -0.2) is 0 Å². The molecule has 1 aliphatic heterocycles. The molecule has 1 saturated heterocycles. The standard InChI is InChI=1S/C10H17N3O3/c1-2-3-12-9(14)7-13-5-4-11-6-8(13)10(15)16/h2,8,11H,1,3-7H2,(H,12,14)(H,15,16). The van der Waals surface area contributed by atoms with Crippen molar-refractivity contribution in [3.63, 3.8) is 0 Å². The van der Waals surface area contributed by atoms with Crippen molar-refractivity contribution >= 4 is 11.9 Å². The van der Waals surface area contributed by atoms with Gasteiger partial charge in [-0.2, -0.15) is 0 Å². The molecule has 16 heavy (non-hydrogen) atoms. The highest BCUT2D eigenvalue weighted by molar-refractivity contribution is 5.80. The fraction of sp³-hybridized carbons (Fsp3) is 0.600. The van der Waals surface area contributed by atoms with E-state index in [0.717, 1.165) is 0 Å². The predicted octanol–water partition coefficient (Wildman–Crippen LogP) is -1.35. The Morgan fingerprint density at radius 3 is 3.00 bits per heavy atom. The van der Waals surface area contributed by atoms with Gasteiger partial charge in [0, 0.05) is 26.2 Å². The maximum absolute atomic E-state index is 11.4. The van der Waals surface area contributed by atoms with Gasteiger partial charge < -0.3 is 15.7 Å². The number of aliphatic carboxylic acids is 1. The summed E-state index contributed by atoms with van der Waals surface area (Å²) in [5.74, 6) is -1.07. The summed E-state index contributed by atoms with van der Waals surface area (Å²) in [6.45, 7) is 5.67. The number of hydrogen-bond acceptors (Lipinski definition) is 4. The summed E-state index contributed by atoms with van der Waals surface area (Å²) in [4.78, 5) is 24.0. The molecule has 1 aliphatic rings. The smallest absolute Gasteiger partial charge is 0.322 e. The fourth-order valence-electron chi connectivity index (χ4n) is 1.61. The minimum absolute atomic E-state index is 0.118. The van der Waals surface area contributed by atoms with Gasteiger partial charge in [-0.1, -0.05) is 6.08 Å². The molecule has 1 unspecified atom stereocenters. The third kappa shape index (κ3) is 3.63. The zero-order chi connectivity index (χ0) is 12.0. The van der Waals surface area contributed by atoms with Crippen molar-refractivity contribution in [1.29, 1.82) is 0 Å². The Labute approximate surface area is 94.3 Å². The number of rotatable bonds is 5. The number of piperazine rings is 1. The fourth-order valence-corrected chi connectivity index (χ4v) is 1.61. The minimum Gasteiger partial charge on any atom is -0.480 e. The van der Waals surface area contributed by atoms with Crippen molar-refractivity contribution in [2.45, 2.75) is 6.04 Å². The molecule has 3 N–H and O–H groups in total. The van der Waals surface area contributed by atoms with E-state index in [4.69, 9.17) is 5.11 Å². The zero-order valence-electron chi connectivity index (χ0n) is 9.11. The molecule has 1 heterocycles. The lowest BCUT2D eigenvalue weighted by Crippen LogP contribution is -2.57. The molecule has 6 heteroatoms. The summed E-state index contributed by atoms with van der Waals surface area (Å²) in [6.07, 6.45) is 1.59. The summed E-state index contributed by atoms with van der Waals surface area (Å²) in [7, 11) is 0. The van der Waals surface area contributed by atoms with E-state index < -0.39 is 12.0 Å². The van der Waals surface area contributed by atoms with Gasteiger partial charge in [0.25, 0.3) is 0 Å². The van der Waals surface area contributed by atoms with Gasteiger partial charge in [-0.05, 0) is 0 Å². The van der Waals surface area contributed by atoms with Crippen molar-refractivity contribution in [3.8, 4) is 0 Å². The maximum Gasteiger partial charge on any atom is 0.322 e. The summed E-state index contributed by atoms with van der Waals surface area (Å²) in [5.41, 5.74) is 0. The van der Waals surface area contributed by atoms with Gasteiger partial charge in [-0.3, -0.25) is 14.5 Å². The Morgan fingerprint density at radius 1 is 1.62 bits per heavy atom. The molecule has 0 bridgehead atoms. The number of nitrogens with zero attached hydrogens (tertiary/aromatic N) is 1. The molecular weight excluding hydrogens is 210 g/mol. The van der Waals surface area contributed by atoms with E-state index in [1.165, 1.54) is 0 Å². The van der Waals surface area contributed by atoms with Crippen LogP contribution in [0.15, 0.2) is 12.7 Å². The van der Waals surface area contributed by atoms with E-state index in [1.807, 2.05) is 0 Å². The van der Waals surface area contributed by atoms with Crippen molar-refractivity contribution < 1.29 is 14.7 Å². The van der Waals surface area contributed by atoms with E-state index in [1.54, 1.807) is 11.0 Å². The van der Waals surface area contributed by atoms with E-state index in [-0.39, 0.29) is 12.5 Å². The number of carbonyl (C=O) groups excluding carboxylic acids is 1. The summed E-state index contributed by atoms with van der Waals surface area (Å²) in [6, 6.07) is -0.622. The van der Waals surface area contributed by atoms with Gasteiger partial charge >= 0.3 is 5.97 Å². The van der Waals surface area contributed by atoms with Crippen LogP contribution in [-0.4, -0.2) is 60.6 Å². The third-order valence-corrected chi connectivity index (χ3v) is 2.43. The first-order valence-corrected chi connectivity index (χ1v) is 5.20. The van der Waals surface area contributed by atoms with Gasteiger partial charge in [-0.15, -0.1) is 6.58 Å². The highest BCUT2D eigenvalue weighted by atomic mass is 16.4. The number of carboxylic acid groups (broad SMARTS) is 1. The van der Waals surface area contributed by atoms with Gasteiger partial charge in [0.1, 0.15) is 6.04 Å². The normalized spacial score (nSPS) is 21.4. The number of nitrogens with one attached hydrogen (secondary N) is 2. The molecule has 0 saturated carbocycles. The van der Waals surface area contributed by atoms with Crippen molar-refractivity contribution in [1.82, 2.24) is 15.5 Å². The van der Waals surface area contributed by atoms with Crippen LogP contribution in [0.2, 0.25) is 0 Å². The Bertz CT molecular complexity index is 280. The van der Waals surface area contributed by atoms with Crippen LogP contribution >= 0.6 is 0 Å². The van der Waals surface area contributed by atoms with Crippen LogP contribution in [0.5, 0.6) is 0 Å². The molecule has 0 aromatic rings. The Balaban J connectivity index is 2.46. The predicted molar refractivity (Wildman–Crippen MR) is 59.1 cm³/mol. The highest BCUT2D eigenvalue weighted by Gasteiger charge is 2.29. The molecule has 0 aromatic heterocycles. The lowest BCUT2D eigenvalue weighted by molar-refractivity contribution is -0.144. The third-order valence-electron chi connectivity index (χ3n) is 2.43. The Hall–Kier alpha value is -1.40. The van der Waals surface area contributed by atoms with Crippen molar-refractivity contribution in [3.05, 3.63) is 12.7 Å². The maximum atomic E-state index is 11.4. The summed E-state index contributed by atoms with van der Waals surface area (Å²) >= 11 is 0. The second kappa shape index (κ2) is 6.24. The number of amides is 1. The first kappa shape index (κ1) is 12.7. The van der Waals surface area contributed by atoms with Crippen LogP contribution in [0, 0.1) is 0 Å². The van der Waals surface area contributed by atoms with Crippen LogP contribution in [0.1, 0.15) is 0 Å². The highest BCUT2D eigenvalue weighted by Crippen LogP contribution is 2.02. The van der Waals surface area contributed by atoms with Crippen LogP contribution in [0.3, 0.4) is 0 Å². The molecule has 0 radical (unpaired) electrons. The lowest BCUT2D eigenvalue weighted by atomic mass is 10.2. The van der Waals surface area contributed by atoms with E-state index >= 15 is 0 Å². The second-order valence-corrected chi connectivity index (χ2v) is 3.62. The Kier molecular flexibility index (Phi) is 4.94. The molecule has 6 nitrogen and oxygen atoms in total. The summed E-state index contributed by atoms with van der Waals surface area (Å²) in [5, 5.41) is 14.6. The molecule has 0 aromatic carbocycles. The first-order valence-electron chi connectivity index (χ1n) is 5.20.